The molecule has 0 bridgehead atoms. The van der Waals surface area contributed by atoms with Crippen molar-refractivity contribution in [3.05, 3.63) is 48.0 Å². The number of carbonyl (C=O) groups excluding carboxylic acids is 1. The van der Waals surface area contributed by atoms with Gasteiger partial charge in [-0.1, -0.05) is 18.2 Å². The molecule has 0 amide bonds. The van der Waals surface area contributed by atoms with Gasteiger partial charge in [0, 0.05) is 24.1 Å². The molecule has 4 rings (SSSR count). The van der Waals surface area contributed by atoms with Crippen LogP contribution < -0.4 is 4.74 Å². The average Bonchev–Trinajstić information content (AvgIpc) is 2.91. The zero-order valence-electron chi connectivity index (χ0n) is 11.7. The number of aryl methyl sites for hydroxylation is 1. The Hall–Kier alpha value is -2.62. The summed E-state index contributed by atoms with van der Waals surface area (Å²) in [6.07, 6.45) is 0.527. The lowest BCUT2D eigenvalue weighted by molar-refractivity contribution is 0.0973. The van der Waals surface area contributed by atoms with E-state index in [9.17, 15) is 4.79 Å². The van der Waals surface area contributed by atoms with Crippen molar-refractivity contribution in [2.75, 3.05) is 7.11 Å². The van der Waals surface area contributed by atoms with E-state index in [0.29, 0.717) is 13.0 Å². The Balaban J connectivity index is 2.01. The van der Waals surface area contributed by atoms with Crippen LogP contribution in [0.2, 0.25) is 0 Å². The third-order valence-electron chi connectivity index (χ3n) is 3.96. The average molecular weight is 278 g/mol. The highest BCUT2D eigenvalue weighted by Crippen LogP contribution is 2.32. The van der Waals surface area contributed by atoms with Gasteiger partial charge in [0.25, 0.3) is 0 Å². The van der Waals surface area contributed by atoms with E-state index in [1.807, 2.05) is 42.5 Å². The van der Waals surface area contributed by atoms with Gasteiger partial charge in [-0.05, 0) is 24.3 Å². The first-order valence-electron chi connectivity index (χ1n) is 6.95. The summed E-state index contributed by atoms with van der Waals surface area (Å²) in [5.74, 6) is 1.90. The fourth-order valence-electron chi connectivity index (χ4n) is 2.96. The maximum atomic E-state index is 12.1. The van der Waals surface area contributed by atoms with Crippen LogP contribution in [-0.2, 0) is 6.54 Å². The smallest absolute Gasteiger partial charge is 0.166 e. The summed E-state index contributed by atoms with van der Waals surface area (Å²) in [5, 5.41) is 0. The van der Waals surface area contributed by atoms with E-state index in [1.165, 1.54) is 0 Å². The number of hydrogen-bond donors (Lipinski definition) is 0. The summed E-state index contributed by atoms with van der Waals surface area (Å²) in [7, 11) is 1.65. The van der Waals surface area contributed by atoms with Gasteiger partial charge in [0.05, 0.1) is 18.1 Å². The van der Waals surface area contributed by atoms with Crippen LogP contribution in [0, 0.1) is 0 Å². The van der Waals surface area contributed by atoms with Crippen molar-refractivity contribution in [3.63, 3.8) is 0 Å². The zero-order valence-corrected chi connectivity index (χ0v) is 11.7. The molecule has 3 aromatic rings. The van der Waals surface area contributed by atoms with Crippen LogP contribution in [0.1, 0.15) is 16.8 Å². The summed E-state index contributed by atoms with van der Waals surface area (Å²) >= 11 is 0. The highest BCUT2D eigenvalue weighted by Gasteiger charge is 2.23. The molecule has 0 N–H and O–H groups in total. The number of nitrogens with zero attached hydrogens (tertiary/aromatic N) is 2. The highest BCUT2D eigenvalue weighted by molar-refractivity contribution is 6.08. The van der Waals surface area contributed by atoms with Gasteiger partial charge in [-0.15, -0.1) is 0 Å². The van der Waals surface area contributed by atoms with Crippen molar-refractivity contribution < 1.29 is 9.53 Å². The minimum atomic E-state index is 0.199. The molecule has 1 aliphatic heterocycles. The third-order valence-corrected chi connectivity index (χ3v) is 3.96. The molecule has 4 nitrogen and oxygen atoms in total. The van der Waals surface area contributed by atoms with Crippen LogP contribution in [0.5, 0.6) is 5.75 Å². The van der Waals surface area contributed by atoms with E-state index in [2.05, 4.69) is 4.57 Å². The van der Waals surface area contributed by atoms with Crippen molar-refractivity contribution in [2.45, 2.75) is 13.0 Å². The Morgan fingerprint density at radius 3 is 2.90 bits per heavy atom. The fourth-order valence-corrected chi connectivity index (χ4v) is 2.96. The van der Waals surface area contributed by atoms with Crippen LogP contribution in [0.3, 0.4) is 0 Å². The van der Waals surface area contributed by atoms with Crippen LogP contribution in [0.4, 0.5) is 0 Å². The molecule has 1 aliphatic rings. The number of ether oxygens (including phenoxy) is 1. The number of benzene rings is 2. The van der Waals surface area contributed by atoms with E-state index in [4.69, 9.17) is 9.72 Å². The molecule has 21 heavy (non-hydrogen) atoms. The summed E-state index contributed by atoms with van der Waals surface area (Å²) < 4.78 is 7.43. The lowest BCUT2D eigenvalue weighted by Crippen LogP contribution is -2.14. The Morgan fingerprint density at radius 1 is 1.19 bits per heavy atom. The molecular formula is C17H14N2O2. The minimum absolute atomic E-state index is 0.199. The van der Waals surface area contributed by atoms with Crippen LogP contribution in [-0.4, -0.2) is 22.4 Å². The van der Waals surface area contributed by atoms with Gasteiger partial charge < -0.3 is 9.30 Å². The molecule has 104 valence electrons. The summed E-state index contributed by atoms with van der Waals surface area (Å²) in [6.45, 7) is 0.679. The molecule has 0 unspecified atom stereocenters. The summed E-state index contributed by atoms with van der Waals surface area (Å²) in [5.41, 5.74) is 3.61. The maximum Gasteiger partial charge on any atom is 0.166 e. The molecule has 0 atom stereocenters. The van der Waals surface area contributed by atoms with Crippen molar-refractivity contribution in [3.8, 4) is 17.1 Å². The normalized spacial score (nSPS) is 13.7. The van der Waals surface area contributed by atoms with E-state index in [1.54, 1.807) is 7.11 Å². The van der Waals surface area contributed by atoms with E-state index in [-0.39, 0.29) is 5.78 Å². The van der Waals surface area contributed by atoms with Gasteiger partial charge in [-0.3, -0.25) is 4.79 Å². The summed E-state index contributed by atoms with van der Waals surface area (Å²) in [6, 6.07) is 13.6. The Morgan fingerprint density at radius 2 is 2.05 bits per heavy atom. The van der Waals surface area contributed by atoms with Crippen molar-refractivity contribution in [1.82, 2.24) is 9.55 Å². The van der Waals surface area contributed by atoms with Gasteiger partial charge in [-0.2, -0.15) is 0 Å². The number of para-hydroxylation sites is 1. The standard InChI is InChI=1S/C17H14N2O2/c1-21-12-5-2-4-11(10-12)17-18-14-7-3-6-13-15(20)8-9-19(17)16(13)14/h2-7,10H,8-9H2,1H3. The molecule has 4 heteroatoms. The Bertz CT molecular complexity index is 864. The quantitative estimate of drug-likeness (QED) is 0.722. The van der Waals surface area contributed by atoms with Gasteiger partial charge >= 0.3 is 0 Å². The topological polar surface area (TPSA) is 44.1 Å². The lowest BCUT2D eigenvalue weighted by Gasteiger charge is -2.16. The second-order valence-corrected chi connectivity index (χ2v) is 5.17. The molecule has 2 heterocycles. The zero-order chi connectivity index (χ0) is 14.4. The molecule has 0 saturated heterocycles. The molecule has 0 spiro atoms. The van der Waals surface area contributed by atoms with Crippen LogP contribution in [0.15, 0.2) is 42.5 Å². The first kappa shape index (κ1) is 12.1. The number of aromatic nitrogens is 2. The van der Waals surface area contributed by atoms with E-state index >= 15 is 0 Å². The number of rotatable bonds is 2. The molecular weight excluding hydrogens is 264 g/mol. The molecule has 1 aromatic heterocycles. The van der Waals surface area contributed by atoms with E-state index < -0.39 is 0 Å². The summed E-state index contributed by atoms with van der Waals surface area (Å²) in [4.78, 5) is 16.8. The highest BCUT2D eigenvalue weighted by atomic mass is 16.5. The Kier molecular flexibility index (Phi) is 2.57. The van der Waals surface area contributed by atoms with Gasteiger partial charge in [-0.25, -0.2) is 4.98 Å². The van der Waals surface area contributed by atoms with Crippen LogP contribution >= 0.6 is 0 Å². The van der Waals surface area contributed by atoms with Gasteiger partial charge in [0.1, 0.15) is 11.6 Å². The molecule has 2 aromatic carbocycles. The maximum absolute atomic E-state index is 12.1. The molecule has 0 aliphatic carbocycles. The predicted molar refractivity (Wildman–Crippen MR) is 80.7 cm³/mol. The second kappa shape index (κ2) is 4.45. The number of methoxy groups -OCH3 is 1. The first-order chi connectivity index (χ1) is 10.3. The molecule has 0 radical (unpaired) electrons. The lowest BCUT2D eigenvalue weighted by atomic mass is 10.0. The number of ketones is 1. The first-order valence-corrected chi connectivity index (χ1v) is 6.95. The number of imidazole rings is 1. The number of hydrogen-bond acceptors (Lipinski definition) is 3. The largest absolute Gasteiger partial charge is 0.497 e. The van der Waals surface area contributed by atoms with E-state index in [0.717, 1.165) is 33.7 Å². The van der Waals surface area contributed by atoms with Gasteiger partial charge in [0.15, 0.2) is 5.78 Å². The second-order valence-electron chi connectivity index (χ2n) is 5.17. The SMILES string of the molecule is COc1cccc(-c2nc3cccc4c3n2CCC4=O)c1. The van der Waals surface area contributed by atoms with Crippen molar-refractivity contribution in [1.29, 1.82) is 0 Å². The monoisotopic (exact) mass is 278 g/mol. The molecule has 0 saturated carbocycles. The van der Waals surface area contributed by atoms with Gasteiger partial charge in [0.2, 0.25) is 0 Å². The number of Topliss-reactive ketones (excluding diaryl/α,β-unsaturated/α-hetero) is 1. The van der Waals surface area contributed by atoms with Crippen LogP contribution in [0.25, 0.3) is 22.4 Å². The van der Waals surface area contributed by atoms with Crippen molar-refractivity contribution >= 4 is 16.8 Å². The predicted octanol–water partition coefficient (Wildman–Crippen LogP) is 3.30. The Labute approximate surface area is 122 Å². The third kappa shape index (κ3) is 1.76. The number of carbonyl (C=O) groups is 1. The van der Waals surface area contributed by atoms with Crippen molar-refractivity contribution in [2.24, 2.45) is 0 Å². The molecule has 0 fully saturated rings. The fraction of sp³-hybridized carbons (Fsp3) is 0.176. The minimum Gasteiger partial charge on any atom is -0.497 e.